The Hall–Kier alpha value is -0.610. The number of likely N-dealkylation sites (N-methyl/N-ethyl adjacent to an activating group) is 2. The van der Waals surface area contributed by atoms with Crippen LogP contribution in [0.15, 0.2) is 0 Å². The first kappa shape index (κ1) is 13.5. The Balaban J connectivity index is 2.61. The van der Waals surface area contributed by atoms with Gasteiger partial charge in [-0.05, 0) is 20.4 Å². The van der Waals surface area contributed by atoms with E-state index >= 15 is 0 Å². The summed E-state index contributed by atoms with van der Waals surface area (Å²) in [6.45, 7) is 11.5. The molecule has 0 aromatic heterocycles. The molecule has 0 radical (unpaired) electrons. The fourth-order valence-electron chi connectivity index (χ4n) is 2.31. The molecule has 0 aromatic carbocycles. The molecule has 0 aliphatic carbocycles. The molecule has 1 rings (SSSR count). The van der Waals surface area contributed by atoms with Crippen LogP contribution in [-0.4, -0.2) is 73.0 Å². The third-order valence-corrected chi connectivity index (χ3v) is 3.54. The molecule has 0 atom stereocenters. The van der Waals surface area contributed by atoms with E-state index in [9.17, 15) is 4.79 Å². The van der Waals surface area contributed by atoms with E-state index in [4.69, 9.17) is 0 Å². The van der Waals surface area contributed by atoms with Crippen molar-refractivity contribution < 1.29 is 4.79 Å². The van der Waals surface area contributed by atoms with Gasteiger partial charge in [0.25, 0.3) is 0 Å². The molecule has 1 aliphatic heterocycles. The number of hydrogen-bond donors (Lipinski definition) is 0. The number of amides is 1. The normalized spacial score (nSPS) is 19.8. The average molecular weight is 227 g/mol. The van der Waals surface area contributed by atoms with Gasteiger partial charge in [-0.1, -0.05) is 6.92 Å². The summed E-state index contributed by atoms with van der Waals surface area (Å²) in [6.07, 6.45) is 0. The summed E-state index contributed by atoms with van der Waals surface area (Å²) in [5.41, 5.74) is -0.372. The van der Waals surface area contributed by atoms with E-state index in [1.165, 1.54) is 0 Å². The zero-order chi connectivity index (χ0) is 12.3. The fraction of sp³-hybridized carbons (Fsp3) is 0.917. The van der Waals surface area contributed by atoms with E-state index in [0.29, 0.717) is 0 Å². The number of carbonyl (C=O) groups is 1. The molecule has 94 valence electrons. The van der Waals surface area contributed by atoms with Crippen molar-refractivity contribution >= 4 is 5.91 Å². The van der Waals surface area contributed by atoms with Gasteiger partial charge in [-0.3, -0.25) is 9.69 Å². The van der Waals surface area contributed by atoms with Crippen molar-refractivity contribution in [3.8, 4) is 0 Å². The second-order valence-electron chi connectivity index (χ2n) is 5.18. The molecule has 1 amide bonds. The summed E-state index contributed by atoms with van der Waals surface area (Å²) >= 11 is 0. The first-order chi connectivity index (χ1) is 7.39. The van der Waals surface area contributed by atoms with Gasteiger partial charge in [0.2, 0.25) is 5.91 Å². The zero-order valence-electron chi connectivity index (χ0n) is 11.3. The minimum atomic E-state index is -0.372. The molecule has 1 fully saturated rings. The fourth-order valence-corrected chi connectivity index (χ4v) is 2.31. The van der Waals surface area contributed by atoms with Crippen LogP contribution in [0.1, 0.15) is 20.8 Å². The van der Waals surface area contributed by atoms with E-state index in [0.717, 1.165) is 32.7 Å². The largest absolute Gasteiger partial charge is 0.347 e. The van der Waals surface area contributed by atoms with Gasteiger partial charge in [-0.2, -0.15) is 0 Å². The molecule has 0 N–H and O–H groups in total. The van der Waals surface area contributed by atoms with Gasteiger partial charge in [0.05, 0.1) is 5.54 Å². The van der Waals surface area contributed by atoms with E-state index in [2.05, 4.69) is 16.7 Å². The number of carbonyl (C=O) groups excluding carboxylic acids is 1. The molecule has 0 unspecified atom stereocenters. The van der Waals surface area contributed by atoms with E-state index in [1.54, 1.807) is 4.90 Å². The lowest BCUT2D eigenvalue weighted by Crippen LogP contribution is -2.60. The van der Waals surface area contributed by atoms with Crippen molar-refractivity contribution in [3.05, 3.63) is 0 Å². The maximum absolute atomic E-state index is 12.1. The monoisotopic (exact) mass is 227 g/mol. The topological polar surface area (TPSA) is 26.8 Å². The smallest absolute Gasteiger partial charge is 0.242 e. The van der Waals surface area contributed by atoms with Crippen molar-refractivity contribution in [2.75, 3.05) is 46.8 Å². The maximum Gasteiger partial charge on any atom is 0.242 e. The highest BCUT2D eigenvalue weighted by Gasteiger charge is 2.36. The Bertz CT molecular complexity index is 243. The Kier molecular flexibility index (Phi) is 4.33. The molecule has 1 aliphatic rings. The zero-order valence-corrected chi connectivity index (χ0v) is 11.3. The van der Waals surface area contributed by atoms with Gasteiger partial charge < -0.3 is 9.80 Å². The molecular formula is C12H25N3O. The third kappa shape index (κ3) is 2.74. The van der Waals surface area contributed by atoms with Gasteiger partial charge >= 0.3 is 0 Å². The number of rotatable bonds is 3. The molecule has 0 saturated carbocycles. The highest BCUT2D eigenvalue weighted by molar-refractivity contribution is 5.85. The molecule has 4 heteroatoms. The number of hydrogen-bond acceptors (Lipinski definition) is 3. The van der Waals surface area contributed by atoms with E-state index in [-0.39, 0.29) is 11.4 Å². The van der Waals surface area contributed by atoms with Gasteiger partial charge in [0, 0.05) is 40.3 Å². The lowest BCUT2D eigenvalue weighted by atomic mass is 10.00. The first-order valence-corrected chi connectivity index (χ1v) is 6.08. The predicted molar refractivity (Wildman–Crippen MR) is 66.5 cm³/mol. The number of nitrogens with zero attached hydrogens (tertiary/aromatic N) is 3. The van der Waals surface area contributed by atoms with Crippen LogP contribution in [0.2, 0.25) is 0 Å². The maximum atomic E-state index is 12.1. The first-order valence-electron chi connectivity index (χ1n) is 6.08. The molecular weight excluding hydrogens is 202 g/mol. The molecule has 1 saturated heterocycles. The molecule has 1 heterocycles. The average Bonchev–Trinajstić information content (AvgIpc) is 2.28. The van der Waals surface area contributed by atoms with Crippen LogP contribution in [0.5, 0.6) is 0 Å². The van der Waals surface area contributed by atoms with Crippen LogP contribution in [0, 0.1) is 0 Å². The van der Waals surface area contributed by atoms with Crippen molar-refractivity contribution in [1.82, 2.24) is 14.7 Å². The minimum absolute atomic E-state index is 0.192. The summed E-state index contributed by atoms with van der Waals surface area (Å²) < 4.78 is 0. The summed E-state index contributed by atoms with van der Waals surface area (Å²) in [7, 11) is 3.65. The highest BCUT2D eigenvalue weighted by atomic mass is 16.2. The molecule has 0 bridgehead atoms. The number of piperazine rings is 1. The van der Waals surface area contributed by atoms with Gasteiger partial charge in [0.1, 0.15) is 0 Å². The Labute approximate surface area is 99.2 Å². The van der Waals surface area contributed by atoms with Crippen LogP contribution in [-0.2, 0) is 4.79 Å². The quantitative estimate of drug-likeness (QED) is 0.702. The van der Waals surface area contributed by atoms with Crippen LogP contribution in [0.4, 0.5) is 0 Å². The molecule has 4 nitrogen and oxygen atoms in total. The summed E-state index contributed by atoms with van der Waals surface area (Å²) in [4.78, 5) is 18.5. The van der Waals surface area contributed by atoms with Crippen LogP contribution < -0.4 is 0 Å². The highest BCUT2D eigenvalue weighted by Crippen LogP contribution is 2.18. The second-order valence-corrected chi connectivity index (χ2v) is 5.18. The van der Waals surface area contributed by atoms with Crippen LogP contribution in [0.3, 0.4) is 0 Å². The van der Waals surface area contributed by atoms with Crippen molar-refractivity contribution in [2.24, 2.45) is 0 Å². The summed E-state index contributed by atoms with van der Waals surface area (Å²) in [5.74, 6) is 0.192. The molecule has 0 aromatic rings. The second kappa shape index (κ2) is 5.15. The van der Waals surface area contributed by atoms with Crippen molar-refractivity contribution in [2.45, 2.75) is 26.3 Å². The lowest BCUT2D eigenvalue weighted by Gasteiger charge is -2.43. The van der Waals surface area contributed by atoms with Crippen molar-refractivity contribution in [3.63, 3.8) is 0 Å². The standard InChI is InChI=1S/C12H25N3O/c1-6-14-7-9-15(10-8-14)12(2,3)11(16)13(4)5/h6-10H2,1-5H3. The van der Waals surface area contributed by atoms with Crippen LogP contribution >= 0.6 is 0 Å². The third-order valence-electron chi connectivity index (χ3n) is 3.54. The lowest BCUT2D eigenvalue weighted by molar-refractivity contribution is -0.141. The minimum Gasteiger partial charge on any atom is -0.347 e. The van der Waals surface area contributed by atoms with Crippen LogP contribution in [0.25, 0.3) is 0 Å². The molecule has 16 heavy (non-hydrogen) atoms. The van der Waals surface area contributed by atoms with Gasteiger partial charge in [0.15, 0.2) is 0 Å². The Morgan fingerprint density at radius 2 is 1.69 bits per heavy atom. The summed E-state index contributed by atoms with van der Waals surface area (Å²) in [5, 5.41) is 0. The molecule has 0 spiro atoms. The van der Waals surface area contributed by atoms with Gasteiger partial charge in [-0.15, -0.1) is 0 Å². The van der Waals surface area contributed by atoms with Gasteiger partial charge in [-0.25, -0.2) is 0 Å². The Morgan fingerprint density at radius 3 is 2.06 bits per heavy atom. The predicted octanol–water partition coefficient (Wildman–Crippen LogP) is 0.491. The van der Waals surface area contributed by atoms with E-state index in [1.807, 2.05) is 27.9 Å². The Morgan fingerprint density at radius 1 is 1.19 bits per heavy atom. The van der Waals surface area contributed by atoms with E-state index < -0.39 is 0 Å². The SMILES string of the molecule is CCN1CCN(C(C)(C)C(=O)N(C)C)CC1. The summed E-state index contributed by atoms with van der Waals surface area (Å²) in [6, 6.07) is 0. The van der Waals surface area contributed by atoms with Crippen molar-refractivity contribution in [1.29, 1.82) is 0 Å².